The van der Waals surface area contributed by atoms with E-state index in [2.05, 4.69) is 86.1 Å². The highest BCUT2D eigenvalue weighted by Gasteiger charge is 2.39. The minimum absolute atomic E-state index is 0.0264. The summed E-state index contributed by atoms with van der Waals surface area (Å²) in [6.07, 6.45) is 11.7. The van der Waals surface area contributed by atoms with Crippen molar-refractivity contribution in [2.75, 3.05) is 162 Å². The van der Waals surface area contributed by atoms with Crippen molar-refractivity contribution >= 4 is 76.4 Å². The van der Waals surface area contributed by atoms with Crippen LogP contribution in [-0.4, -0.2) is 220 Å². The highest BCUT2D eigenvalue weighted by atomic mass is 19.1. The Hall–Kier alpha value is -13.7. The summed E-state index contributed by atoms with van der Waals surface area (Å²) in [6.45, 7) is 25.1. The van der Waals surface area contributed by atoms with Crippen molar-refractivity contribution in [3.8, 4) is 17.2 Å². The van der Waals surface area contributed by atoms with E-state index in [0.717, 1.165) is 187 Å². The molecule has 9 aromatic carbocycles. The minimum Gasteiger partial charge on any atom is -0.492 e. The number of carbonyl (C=O) groups is 7. The number of pyridine rings is 2. The number of aromatic nitrogens is 2. The average Bonchev–Trinajstić information content (AvgIpc) is 1.61. The Morgan fingerprint density at radius 3 is 1.23 bits per heavy atom. The van der Waals surface area contributed by atoms with Crippen LogP contribution in [0.4, 0.5) is 41.6 Å². The maximum absolute atomic E-state index is 13.9. The van der Waals surface area contributed by atoms with Gasteiger partial charge in [-0.05, 0) is 173 Å². The van der Waals surface area contributed by atoms with Gasteiger partial charge in [0.1, 0.15) is 41.0 Å². The molecule has 16 rings (SSSR count). The summed E-state index contributed by atoms with van der Waals surface area (Å²) >= 11 is 0. The van der Waals surface area contributed by atoms with Gasteiger partial charge in [-0.1, -0.05) is 121 Å². The zero-order valence-corrected chi connectivity index (χ0v) is 72.4. The molecule has 0 atom stereocenters. The van der Waals surface area contributed by atoms with Gasteiger partial charge in [0.05, 0.1) is 76.1 Å². The molecule has 664 valence electrons. The summed E-state index contributed by atoms with van der Waals surface area (Å²) in [6, 6.07) is 68.9. The van der Waals surface area contributed by atoms with Gasteiger partial charge in [0.2, 0.25) is 0 Å². The molecule has 5 aliphatic rings. The van der Waals surface area contributed by atoms with E-state index in [1.54, 1.807) is 60.7 Å². The number of halogens is 3. The zero-order chi connectivity index (χ0) is 89.9. The Morgan fingerprint density at radius 2 is 0.820 bits per heavy atom. The largest absolute Gasteiger partial charge is 0.492 e. The van der Waals surface area contributed by atoms with Crippen molar-refractivity contribution < 1.29 is 66.1 Å². The third-order valence-electron chi connectivity index (χ3n) is 22.1. The molecule has 0 radical (unpaired) electrons. The quantitative estimate of drug-likeness (QED) is 0.0177. The predicted octanol–water partition coefficient (Wildman–Crippen LogP) is 15.7. The van der Waals surface area contributed by atoms with Gasteiger partial charge in [-0.3, -0.25) is 58.4 Å². The van der Waals surface area contributed by atoms with E-state index in [4.69, 9.17) is 19.3 Å². The SMILES string of the molecule is CCOc1cc(F)ccc1N1CCN(CCCN(Cc2ccccc2)C(=O)c2ccc3c(c2)C(=O)N(c2ccncc2)C3=O)CC1.CCOc1cc(F)ccc1N1CCN(CCCN=Cc2ccccc2)CC1.CCOc1cc(F)ccc1N1CCN(CCCNCc2ccccc2)CC1.O=C(O)c1ccc2c(c1)C(=O)N(c1ccncc1)C2=O.O=Cc1ccccc1. The van der Waals surface area contributed by atoms with Crippen molar-refractivity contribution in [3.05, 3.63) is 334 Å². The van der Waals surface area contributed by atoms with Crippen LogP contribution >= 0.6 is 0 Å². The number of piperazine rings is 3. The Kier molecular flexibility index (Phi) is 35.1. The number of carboxylic acid groups (broad SMARTS) is 1. The van der Waals surface area contributed by atoms with E-state index in [0.29, 0.717) is 67.1 Å². The number of carboxylic acids is 1. The number of amides is 5. The Balaban J connectivity index is 0.000000157. The number of fused-ring (bicyclic) bond motifs is 2. The molecule has 0 unspecified atom stereocenters. The lowest BCUT2D eigenvalue weighted by Gasteiger charge is -2.37. The number of benzene rings is 9. The molecular formula is C101H108F3N13O11. The summed E-state index contributed by atoms with van der Waals surface area (Å²) in [4.78, 5) is 116. The van der Waals surface area contributed by atoms with Crippen molar-refractivity contribution in [1.82, 2.24) is 34.9 Å². The van der Waals surface area contributed by atoms with Gasteiger partial charge >= 0.3 is 5.97 Å². The minimum atomic E-state index is -1.14. The molecule has 0 aliphatic carbocycles. The Morgan fingerprint density at radius 1 is 0.438 bits per heavy atom. The fourth-order valence-electron chi connectivity index (χ4n) is 15.5. The van der Waals surface area contributed by atoms with Crippen LogP contribution < -0.4 is 44.0 Å². The fraction of sp³-hybridized carbons (Fsp3) is 0.287. The molecule has 5 aliphatic heterocycles. The monoisotopic (exact) mass is 1740 g/mol. The van der Waals surface area contributed by atoms with Gasteiger partial charge in [0, 0.05) is 172 Å². The summed E-state index contributed by atoms with van der Waals surface area (Å²) in [5.74, 6) is -2.16. The van der Waals surface area contributed by atoms with E-state index >= 15 is 0 Å². The lowest BCUT2D eigenvalue weighted by molar-refractivity contribution is 0.0694. The number of aromatic carboxylic acids is 1. The van der Waals surface area contributed by atoms with Gasteiger partial charge in [0.15, 0.2) is 0 Å². The van der Waals surface area contributed by atoms with Gasteiger partial charge in [-0.2, -0.15) is 0 Å². The molecule has 24 nitrogen and oxygen atoms in total. The second kappa shape index (κ2) is 48.1. The number of nitrogens with zero attached hydrogens (tertiary/aromatic N) is 12. The number of hydrogen-bond donors (Lipinski definition) is 2. The number of nitrogens with one attached hydrogen (secondary N) is 1. The maximum Gasteiger partial charge on any atom is 0.335 e. The molecule has 0 saturated carbocycles. The van der Waals surface area contributed by atoms with Crippen LogP contribution in [0.1, 0.15) is 129 Å². The Labute approximate surface area is 745 Å². The van der Waals surface area contributed by atoms with Gasteiger partial charge < -0.3 is 44.2 Å². The van der Waals surface area contributed by atoms with Crippen molar-refractivity contribution in [3.63, 3.8) is 0 Å². The highest BCUT2D eigenvalue weighted by molar-refractivity contribution is 6.35. The molecule has 3 saturated heterocycles. The first-order valence-electron chi connectivity index (χ1n) is 43.4. The van der Waals surface area contributed by atoms with E-state index in [9.17, 15) is 46.7 Å². The third-order valence-corrected chi connectivity index (χ3v) is 22.1. The zero-order valence-electron chi connectivity index (χ0n) is 72.4. The molecule has 2 N–H and O–H groups in total. The summed E-state index contributed by atoms with van der Waals surface area (Å²) < 4.78 is 57.7. The average molecular weight is 1740 g/mol. The van der Waals surface area contributed by atoms with Crippen LogP contribution in [0.5, 0.6) is 17.2 Å². The number of aliphatic imine (C=N–C) groups is 1. The van der Waals surface area contributed by atoms with E-state index in [1.165, 1.54) is 84.9 Å². The first-order valence-corrected chi connectivity index (χ1v) is 43.4. The van der Waals surface area contributed by atoms with Crippen LogP contribution in [0, 0.1) is 17.5 Å². The number of anilines is 5. The van der Waals surface area contributed by atoms with Gasteiger partial charge in [-0.15, -0.1) is 0 Å². The smallest absolute Gasteiger partial charge is 0.335 e. The normalized spacial score (nSPS) is 14.4. The number of carbonyl (C=O) groups excluding carboxylic acids is 6. The molecule has 0 spiro atoms. The molecule has 2 aromatic heterocycles. The van der Waals surface area contributed by atoms with Crippen LogP contribution in [0.15, 0.2) is 266 Å². The lowest BCUT2D eigenvalue weighted by atomic mass is 10.0. The Bertz CT molecular complexity index is 5480. The molecular weight excluding hydrogens is 1630 g/mol. The summed E-state index contributed by atoms with van der Waals surface area (Å²) in [5.41, 5.74) is 9.10. The fourth-order valence-corrected chi connectivity index (χ4v) is 15.5. The van der Waals surface area contributed by atoms with E-state index in [1.807, 2.05) is 117 Å². The number of rotatable bonds is 31. The molecule has 0 bridgehead atoms. The third kappa shape index (κ3) is 26.2. The molecule has 5 amide bonds. The second-order valence-corrected chi connectivity index (χ2v) is 30.7. The topological polar surface area (TPSA) is 247 Å². The van der Waals surface area contributed by atoms with Crippen molar-refractivity contribution in [2.45, 2.75) is 53.1 Å². The highest BCUT2D eigenvalue weighted by Crippen LogP contribution is 2.36. The first kappa shape index (κ1) is 93.4. The van der Waals surface area contributed by atoms with Crippen LogP contribution in [0.25, 0.3) is 0 Å². The van der Waals surface area contributed by atoms with E-state index < -0.39 is 29.6 Å². The van der Waals surface area contributed by atoms with Crippen LogP contribution in [0.2, 0.25) is 0 Å². The van der Waals surface area contributed by atoms with E-state index in [-0.39, 0.29) is 51.2 Å². The number of hydrogen-bond acceptors (Lipinski definition) is 20. The number of ether oxygens (including phenoxy) is 3. The van der Waals surface area contributed by atoms with Crippen LogP contribution in [-0.2, 0) is 13.1 Å². The van der Waals surface area contributed by atoms with Gasteiger partial charge in [-0.25, -0.2) is 27.8 Å². The summed E-state index contributed by atoms with van der Waals surface area (Å²) in [7, 11) is 0. The van der Waals surface area contributed by atoms with Crippen LogP contribution in [0.3, 0.4) is 0 Å². The number of imide groups is 2. The molecule has 3 fully saturated rings. The molecule has 7 heterocycles. The van der Waals surface area contributed by atoms with Crippen molar-refractivity contribution in [2.24, 2.45) is 4.99 Å². The lowest BCUT2D eigenvalue weighted by Crippen LogP contribution is -2.47. The van der Waals surface area contributed by atoms with Crippen molar-refractivity contribution in [1.29, 1.82) is 0 Å². The summed E-state index contributed by atoms with van der Waals surface area (Å²) in [5, 5.41) is 12.4. The molecule has 27 heteroatoms. The second-order valence-electron chi connectivity index (χ2n) is 30.7. The molecule has 11 aromatic rings. The number of aldehydes is 1. The maximum atomic E-state index is 13.9. The standard InChI is InChI=1S/C36H36FN5O4.C22H30FN3O.C22H28FN3O.C14H8N2O4.C7H6O/c1-2-46-33-24-28(37)10-12-32(33)40-21-19-39(20-22-40)17-6-18-41(25-26-7-4-3-5-8-26)34(43)27-9-11-30-31(23-27)36(45)42(35(30)44)29-13-15-38-16-14-29;2*1-2-27-22-17-20(23)9-10-21(22)26-15-13-25(14-16-26)12-6-11-24-18-19-7-4-3-5-8-19;17-12-10-2-1-8(14(19)20)7-11(10)13(18)16(12)9-3-5-15-6-4-9;8-6-7-4-2-1-3-5-7/h3-5,7-16,23-24H,2,6,17-22,25H2,1H3;3-5,7-10,17,24H,2,6,11-16,18H2,1H3;3-5,7-10,17-18H,2,6,11-16H2,1H3;1-7H,(H,19,20);1-6H. The van der Waals surface area contributed by atoms with Gasteiger partial charge in [0.25, 0.3) is 29.5 Å². The first-order chi connectivity index (χ1) is 62.5. The molecule has 128 heavy (non-hydrogen) atoms. The predicted molar refractivity (Wildman–Crippen MR) is 493 cm³/mol.